The molecular formula is C9H18O5S. The Morgan fingerprint density at radius 3 is 1.73 bits per heavy atom. The fourth-order valence-corrected chi connectivity index (χ4v) is 1.04. The molecule has 0 fully saturated rings. The lowest BCUT2D eigenvalue weighted by atomic mass is 10.5. The van der Waals surface area contributed by atoms with Gasteiger partial charge in [-0.25, -0.2) is 0 Å². The molecule has 0 rings (SSSR count). The van der Waals surface area contributed by atoms with E-state index in [0.29, 0.717) is 11.5 Å². The predicted octanol–water partition coefficient (Wildman–Crippen LogP) is 1.33. The largest absolute Gasteiger partial charge is 0.468 e. The van der Waals surface area contributed by atoms with Gasteiger partial charge < -0.3 is 9.84 Å². The van der Waals surface area contributed by atoms with Gasteiger partial charge in [0, 0.05) is 6.61 Å². The van der Waals surface area contributed by atoms with E-state index in [-0.39, 0.29) is 18.8 Å². The number of aliphatic hydroxyl groups excluding tert-OH is 1. The first-order valence-corrected chi connectivity index (χ1v) is 5.85. The Labute approximate surface area is 90.8 Å². The van der Waals surface area contributed by atoms with Crippen molar-refractivity contribution in [1.29, 1.82) is 0 Å². The second kappa shape index (κ2) is 8.46. The van der Waals surface area contributed by atoms with E-state index in [1.165, 1.54) is 0 Å². The van der Waals surface area contributed by atoms with Gasteiger partial charge in [-0.05, 0) is 20.3 Å². The van der Waals surface area contributed by atoms with Crippen LogP contribution in [0, 0.1) is 0 Å². The number of hydrogen-bond donors (Lipinski definition) is 2. The molecule has 0 aromatic rings. The molecule has 0 saturated heterocycles. The topological polar surface area (TPSA) is 83.8 Å². The minimum Gasteiger partial charge on any atom is -0.468 e. The van der Waals surface area contributed by atoms with E-state index < -0.39 is 10.1 Å². The third-order valence-electron chi connectivity index (χ3n) is 0.909. The summed E-state index contributed by atoms with van der Waals surface area (Å²) < 4.78 is 32.5. The van der Waals surface area contributed by atoms with Crippen LogP contribution in [-0.4, -0.2) is 30.4 Å². The molecular weight excluding hydrogens is 220 g/mol. The van der Waals surface area contributed by atoms with Crippen LogP contribution < -0.4 is 0 Å². The van der Waals surface area contributed by atoms with Crippen LogP contribution in [0.2, 0.25) is 0 Å². The van der Waals surface area contributed by atoms with Gasteiger partial charge in [0.25, 0.3) is 10.1 Å². The molecule has 5 nitrogen and oxygen atoms in total. The van der Waals surface area contributed by atoms with Crippen LogP contribution in [-0.2, 0) is 14.9 Å². The number of hydrogen-bond acceptors (Lipinski definition) is 4. The van der Waals surface area contributed by atoms with Gasteiger partial charge in [0.1, 0.15) is 0 Å². The van der Waals surface area contributed by atoms with Gasteiger partial charge in [-0.1, -0.05) is 13.2 Å². The van der Waals surface area contributed by atoms with Gasteiger partial charge in [-0.15, -0.1) is 0 Å². The highest BCUT2D eigenvalue weighted by Gasteiger charge is 2.00. The van der Waals surface area contributed by atoms with Crippen LogP contribution >= 0.6 is 0 Å². The molecule has 0 aromatic heterocycles. The molecule has 90 valence electrons. The molecule has 0 spiro atoms. The molecule has 0 amide bonds. The van der Waals surface area contributed by atoms with Crippen molar-refractivity contribution in [3.05, 3.63) is 24.7 Å². The summed E-state index contributed by atoms with van der Waals surface area (Å²) in [7, 11) is -3.85. The number of allylic oxidation sites excluding steroid dienone is 2. The fraction of sp³-hybridized carbons (Fsp3) is 0.556. The second-order valence-corrected chi connectivity index (χ2v) is 4.44. The minimum atomic E-state index is -3.85. The van der Waals surface area contributed by atoms with Crippen molar-refractivity contribution in [2.24, 2.45) is 0 Å². The van der Waals surface area contributed by atoms with Gasteiger partial charge in [0.05, 0.1) is 17.3 Å². The number of ether oxygens (including phenoxy) is 1. The maximum absolute atomic E-state index is 9.83. The van der Waals surface area contributed by atoms with Crippen LogP contribution in [0.15, 0.2) is 24.7 Å². The summed E-state index contributed by atoms with van der Waals surface area (Å²) in [5.74, 6) is 1.02. The summed E-state index contributed by atoms with van der Waals surface area (Å²) in [6.45, 7) is 10.4. The minimum absolute atomic E-state index is 0.0961. The van der Waals surface area contributed by atoms with E-state index in [9.17, 15) is 8.42 Å². The molecule has 6 heteroatoms. The van der Waals surface area contributed by atoms with Crippen LogP contribution in [0.25, 0.3) is 0 Å². The Hall–Kier alpha value is -0.850. The lowest BCUT2D eigenvalue weighted by Crippen LogP contribution is -2.04. The van der Waals surface area contributed by atoms with Gasteiger partial charge in [0.2, 0.25) is 0 Å². The monoisotopic (exact) mass is 238 g/mol. The fourth-order valence-electron chi connectivity index (χ4n) is 0.544. The zero-order valence-corrected chi connectivity index (χ0v) is 9.88. The predicted molar refractivity (Wildman–Crippen MR) is 58.8 cm³/mol. The van der Waals surface area contributed by atoms with Gasteiger partial charge in [0.15, 0.2) is 0 Å². The summed E-state index contributed by atoms with van der Waals surface area (Å²) in [5, 5.41) is 8.05. The molecule has 0 aliphatic carbocycles. The Kier molecular flexibility index (Phi) is 9.35. The van der Waals surface area contributed by atoms with Crippen LogP contribution in [0.1, 0.15) is 20.3 Å². The van der Waals surface area contributed by atoms with Gasteiger partial charge in [-0.3, -0.25) is 4.55 Å². The molecule has 2 N–H and O–H groups in total. The van der Waals surface area contributed by atoms with Crippen molar-refractivity contribution in [3.63, 3.8) is 0 Å². The highest BCUT2D eigenvalue weighted by Crippen LogP contribution is 1.97. The van der Waals surface area contributed by atoms with Gasteiger partial charge in [-0.2, -0.15) is 8.42 Å². The van der Waals surface area contributed by atoms with Gasteiger partial charge >= 0.3 is 0 Å². The Morgan fingerprint density at radius 1 is 1.27 bits per heavy atom. The highest BCUT2D eigenvalue weighted by molar-refractivity contribution is 7.85. The summed E-state index contributed by atoms with van der Waals surface area (Å²) in [6, 6.07) is 0. The summed E-state index contributed by atoms with van der Waals surface area (Å²) in [5.41, 5.74) is 0. The van der Waals surface area contributed by atoms with Crippen molar-refractivity contribution in [3.8, 4) is 0 Å². The SMILES string of the molecule is C=C(C)OC(=C)C.O=S(=O)(O)CCCO. The molecule has 0 saturated carbocycles. The molecule has 0 aromatic carbocycles. The van der Waals surface area contributed by atoms with Crippen LogP contribution in [0.3, 0.4) is 0 Å². The molecule has 0 radical (unpaired) electrons. The van der Waals surface area contributed by atoms with E-state index in [1.807, 2.05) is 0 Å². The molecule has 0 unspecified atom stereocenters. The lowest BCUT2D eigenvalue weighted by Gasteiger charge is -1.99. The third-order valence-corrected chi connectivity index (χ3v) is 1.71. The maximum atomic E-state index is 9.83. The molecule has 0 aliphatic heterocycles. The summed E-state index contributed by atoms with van der Waals surface area (Å²) in [6.07, 6.45) is 0.0961. The smallest absolute Gasteiger partial charge is 0.264 e. The summed E-state index contributed by atoms with van der Waals surface area (Å²) in [4.78, 5) is 0. The van der Waals surface area contributed by atoms with E-state index in [2.05, 4.69) is 13.2 Å². The van der Waals surface area contributed by atoms with Crippen LogP contribution in [0.5, 0.6) is 0 Å². The standard InChI is InChI=1S/C6H10O.C3H8O4S/c1-5(2)7-6(3)4;4-2-1-3-8(5,6)7/h1,3H2,2,4H3;4H,1-3H2,(H,5,6,7). The van der Waals surface area contributed by atoms with Crippen molar-refractivity contribution in [2.75, 3.05) is 12.4 Å². The Morgan fingerprint density at radius 2 is 1.67 bits per heavy atom. The Balaban J connectivity index is 0. The first kappa shape index (κ1) is 16.6. The van der Waals surface area contributed by atoms with E-state index in [1.54, 1.807) is 13.8 Å². The maximum Gasteiger partial charge on any atom is 0.264 e. The zero-order valence-electron chi connectivity index (χ0n) is 9.06. The third kappa shape index (κ3) is 24.6. The zero-order chi connectivity index (χ0) is 12.5. The molecule has 15 heavy (non-hydrogen) atoms. The average molecular weight is 238 g/mol. The van der Waals surface area contributed by atoms with Crippen molar-refractivity contribution in [2.45, 2.75) is 20.3 Å². The molecule has 0 aliphatic rings. The Bertz CT molecular complexity index is 280. The van der Waals surface area contributed by atoms with E-state index >= 15 is 0 Å². The number of rotatable bonds is 5. The van der Waals surface area contributed by atoms with Crippen molar-refractivity contribution in [1.82, 2.24) is 0 Å². The second-order valence-electron chi connectivity index (χ2n) is 2.87. The van der Waals surface area contributed by atoms with Crippen LogP contribution in [0.4, 0.5) is 0 Å². The van der Waals surface area contributed by atoms with Crippen molar-refractivity contribution < 1.29 is 22.8 Å². The average Bonchev–Trinajstić information content (AvgIpc) is 1.97. The molecule has 0 heterocycles. The molecule has 0 bridgehead atoms. The molecule has 0 atom stereocenters. The quantitative estimate of drug-likeness (QED) is 0.557. The first-order chi connectivity index (χ1) is 6.69. The lowest BCUT2D eigenvalue weighted by molar-refractivity contribution is 0.294. The normalized spacial score (nSPS) is 9.87. The summed E-state index contributed by atoms with van der Waals surface area (Å²) >= 11 is 0. The van der Waals surface area contributed by atoms with Crippen molar-refractivity contribution >= 4 is 10.1 Å². The number of aliphatic hydroxyl groups is 1. The van der Waals surface area contributed by atoms with E-state index in [4.69, 9.17) is 14.4 Å². The first-order valence-electron chi connectivity index (χ1n) is 4.24. The van der Waals surface area contributed by atoms with E-state index in [0.717, 1.165) is 0 Å². The highest BCUT2D eigenvalue weighted by atomic mass is 32.2.